The van der Waals surface area contributed by atoms with E-state index in [1.165, 1.54) is 0 Å². The first-order chi connectivity index (χ1) is 18.6. The number of ether oxygens (including phenoxy) is 2. The standard InChI is InChI=1S/C30H26N4O3S/c1-21-28(20-38(35)30-33-26-8-2-3-9-27(26)34-30)32-15-14-29(21)37-17-5-16-36-25-12-10-23(11-13-25)24-7-4-6-22(18-24)19-31/h2-4,6-15,18H,5,16-17,20H2,1H3,(H,33,34). The Morgan fingerprint density at radius 1 is 0.947 bits per heavy atom. The molecule has 2 aromatic heterocycles. The summed E-state index contributed by atoms with van der Waals surface area (Å²) in [6.45, 7) is 2.92. The molecule has 0 aliphatic heterocycles. The van der Waals surface area contributed by atoms with E-state index >= 15 is 0 Å². The molecule has 5 rings (SSSR count). The zero-order valence-corrected chi connectivity index (χ0v) is 21.7. The lowest BCUT2D eigenvalue weighted by Crippen LogP contribution is -2.08. The largest absolute Gasteiger partial charge is 0.493 e. The van der Waals surface area contributed by atoms with E-state index in [0.717, 1.165) is 44.9 Å². The third-order valence-electron chi connectivity index (χ3n) is 6.10. The molecule has 0 spiro atoms. The highest BCUT2D eigenvalue weighted by Gasteiger charge is 2.15. The van der Waals surface area contributed by atoms with Gasteiger partial charge in [0.15, 0.2) is 5.16 Å². The molecule has 2 heterocycles. The maximum Gasteiger partial charge on any atom is 0.197 e. The van der Waals surface area contributed by atoms with Crippen LogP contribution in [0.25, 0.3) is 22.2 Å². The molecule has 5 aromatic rings. The van der Waals surface area contributed by atoms with Crippen molar-refractivity contribution in [3.8, 4) is 28.7 Å². The summed E-state index contributed by atoms with van der Waals surface area (Å²) in [6, 6.07) is 27.0. The second kappa shape index (κ2) is 11.7. The van der Waals surface area contributed by atoms with Crippen molar-refractivity contribution < 1.29 is 13.7 Å². The minimum Gasteiger partial charge on any atom is -0.493 e. The Bertz CT molecular complexity index is 1590. The SMILES string of the molecule is Cc1c(OCCCOc2ccc(-c3cccc(C#N)c3)cc2)ccnc1CS(=O)c1nc2ccccc2[nH]1. The van der Waals surface area contributed by atoms with Crippen molar-refractivity contribution in [3.63, 3.8) is 0 Å². The number of nitrogens with zero attached hydrogens (tertiary/aromatic N) is 3. The summed E-state index contributed by atoms with van der Waals surface area (Å²) in [5.74, 6) is 1.75. The van der Waals surface area contributed by atoms with Gasteiger partial charge < -0.3 is 14.5 Å². The van der Waals surface area contributed by atoms with Crippen LogP contribution in [0.5, 0.6) is 11.5 Å². The molecule has 1 unspecified atom stereocenters. The highest BCUT2D eigenvalue weighted by atomic mass is 32.2. The highest BCUT2D eigenvalue weighted by Crippen LogP contribution is 2.24. The number of hydrogen-bond acceptors (Lipinski definition) is 6. The third-order valence-corrected chi connectivity index (χ3v) is 7.26. The van der Waals surface area contributed by atoms with Crippen LogP contribution < -0.4 is 9.47 Å². The molecular formula is C30H26N4O3S. The Hall–Kier alpha value is -4.48. The number of imidazole rings is 1. The van der Waals surface area contributed by atoms with Gasteiger partial charge in [0.2, 0.25) is 0 Å². The first kappa shape index (κ1) is 25.2. The van der Waals surface area contributed by atoms with Gasteiger partial charge in [-0.15, -0.1) is 0 Å². The van der Waals surface area contributed by atoms with Crippen LogP contribution in [-0.2, 0) is 16.6 Å². The van der Waals surface area contributed by atoms with Crippen molar-refractivity contribution in [3.05, 3.63) is 102 Å². The Kier molecular flexibility index (Phi) is 7.76. The molecule has 38 heavy (non-hydrogen) atoms. The van der Waals surface area contributed by atoms with E-state index in [1.54, 1.807) is 12.3 Å². The minimum atomic E-state index is -1.35. The lowest BCUT2D eigenvalue weighted by atomic mass is 10.0. The number of fused-ring (bicyclic) bond motifs is 1. The maximum atomic E-state index is 12.9. The van der Waals surface area contributed by atoms with Gasteiger partial charge in [-0.2, -0.15) is 5.26 Å². The van der Waals surface area contributed by atoms with Crippen LogP contribution in [0, 0.1) is 18.3 Å². The van der Waals surface area contributed by atoms with Crippen LogP contribution in [-0.4, -0.2) is 32.4 Å². The molecular weight excluding hydrogens is 496 g/mol. The smallest absolute Gasteiger partial charge is 0.197 e. The predicted octanol–water partition coefficient (Wildman–Crippen LogP) is 5.96. The zero-order chi connectivity index (χ0) is 26.3. The molecule has 8 heteroatoms. The number of hydrogen-bond donors (Lipinski definition) is 1. The van der Waals surface area contributed by atoms with Crippen LogP contribution in [0.1, 0.15) is 23.2 Å². The molecule has 0 fully saturated rings. The molecule has 0 aliphatic rings. The third kappa shape index (κ3) is 5.90. The lowest BCUT2D eigenvalue weighted by Gasteiger charge is -2.12. The summed E-state index contributed by atoms with van der Waals surface area (Å²) in [6.07, 6.45) is 2.38. The second-order valence-electron chi connectivity index (χ2n) is 8.70. The van der Waals surface area contributed by atoms with Crippen molar-refractivity contribution in [2.75, 3.05) is 13.2 Å². The number of pyridine rings is 1. The van der Waals surface area contributed by atoms with E-state index in [-0.39, 0.29) is 5.75 Å². The van der Waals surface area contributed by atoms with Crippen molar-refractivity contribution in [2.24, 2.45) is 0 Å². The number of nitrogens with one attached hydrogen (secondary N) is 1. The average molecular weight is 523 g/mol. The molecule has 0 amide bonds. The van der Waals surface area contributed by atoms with Gasteiger partial charge in [0.05, 0.1) is 58.1 Å². The van der Waals surface area contributed by atoms with E-state index < -0.39 is 10.8 Å². The fourth-order valence-electron chi connectivity index (χ4n) is 4.03. The lowest BCUT2D eigenvalue weighted by molar-refractivity contribution is 0.246. The highest BCUT2D eigenvalue weighted by molar-refractivity contribution is 7.84. The van der Waals surface area contributed by atoms with Gasteiger partial charge in [-0.25, -0.2) is 4.98 Å². The van der Waals surface area contributed by atoms with Crippen molar-refractivity contribution in [2.45, 2.75) is 24.3 Å². The molecule has 0 bridgehead atoms. The molecule has 0 radical (unpaired) electrons. The summed E-state index contributed by atoms with van der Waals surface area (Å²) in [7, 11) is -1.35. The second-order valence-corrected chi connectivity index (χ2v) is 10.1. The molecule has 0 saturated carbocycles. The summed E-state index contributed by atoms with van der Waals surface area (Å²) in [5.41, 5.74) is 5.91. The van der Waals surface area contributed by atoms with Crippen LogP contribution in [0.3, 0.4) is 0 Å². The number of rotatable bonds is 10. The fraction of sp³-hybridized carbons (Fsp3) is 0.167. The van der Waals surface area contributed by atoms with Crippen LogP contribution in [0.15, 0.2) is 90.2 Å². The summed E-state index contributed by atoms with van der Waals surface area (Å²) < 4.78 is 24.8. The van der Waals surface area contributed by atoms with E-state index in [4.69, 9.17) is 14.7 Å². The molecule has 7 nitrogen and oxygen atoms in total. The van der Waals surface area contributed by atoms with Gasteiger partial charge in [-0.05, 0) is 60.5 Å². The number of benzene rings is 3. The van der Waals surface area contributed by atoms with Gasteiger partial charge in [0, 0.05) is 18.2 Å². The monoisotopic (exact) mass is 522 g/mol. The predicted molar refractivity (Wildman–Crippen MR) is 147 cm³/mol. The topological polar surface area (TPSA) is 101 Å². The molecule has 0 saturated heterocycles. The van der Waals surface area contributed by atoms with Crippen molar-refractivity contribution >= 4 is 21.8 Å². The molecule has 1 N–H and O–H groups in total. The van der Waals surface area contributed by atoms with Crippen molar-refractivity contribution in [1.82, 2.24) is 15.0 Å². The molecule has 190 valence electrons. The number of aromatic amines is 1. The number of nitriles is 1. The molecule has 1 atom stereocenters. The molecule has 0 aliphatic carbocycles. The Morgan fingerprint density at radius 2 is 1.76 bits per heavy atom. The zero-order valence-electron chi connectivity index (χ0n) is 20.9. The van der Waals surface area contributed by atoms with Gasteiger partial charge in [0.1, 0.15) is 11.5 Å². The van der Waals surface area contributed by atoms with Crippen LogP contribution >= 0.6 is 0 Å². The van der Waals surface area contributed by atoms with E-state index in [1.807, 2.05) is 79.7 Å². The van der Waals surface area contributed by atoms with Crippen LogP contribution in [0.4, 0.5) is 0 Å². The Morgan fingerprint density at radius 3 is 2.58 bits per heavy atom. The van der Waals surface area contributed by atoms with E-state index in [2.05, 4.69) is 21.0 Å². The minimum absolute atomic E-state index is 0.253. The number of para-hydroxylation sites is 2. The van der Waals surface area contributed by atoms with E-state index in [9.17, 15) is 4.21 Å². The molecule has 3 aromatic carbocycles. The van der Waals surface area contributed by atoms with Gasteiger partial charge in [0.25, 0.3) is 0 Å². The Labute approximate surface area is 223 Å². The van der Waals surface area contributed by atoms with Gasteiger partial charge in [-0.3, -0.25) is 9.19 Å². The normalized spacial score (nSPS) is 11.7. The first-order valence-corrected chi connectivity index (χ1v) is 13.6. The van der Waals surface area contributed by atoms with E-state index in [0.29, 0.717) is 30.4 Å². The fourth-order valence-corrected chi connectivity index (χ4v) is 5.13. The van der Waals surface area contributed by atoms with Crippen LogP contribution in [0.2, 0.25) is 0 Å². The quantitative estimate of drug-likeness (QED) is 0.227. The first-order valence-electron chi connectivity index (χ1n) is 12.2. The number of aromatic nitrogens is 3. The maximum absolute atomic E-state index is 12.9. The van der Waals surface area contributed by atoms with Gasteiger partial charge in [-0.1, -0.05) is 36.4 Å². The summed E-state index contributed by atoms with van der Waals surface area (Å²) in [4.78, 5) is 12.0. The summed E-state index contributed by atoms with van der Waals surface area (Å²) >= 11 is 0. The average Bonchev–Trinajstić information content (AvgIpc) is 3.40. The summed E-state index contributed by atoms with van der Waals surface area (Å²) in [5, 5.41) is 9.54. The number of H-pyrrole nitrogens is 1. The Balaban J connectivity index is 1.11. The van der Waals surface area contributed by atoms with Crippen molar-refractivity contribution in [1.29, 1.82) is 5.26 Å². The van der Waals surface area contributed by atoms with Gasteiger partial charge >= 0.3 is 0 Å².